The third kappa shape index (κ3) is 61.8. The van der Waals surface area contributed by atoms with Crippen molar-refractivity contribution in [1.29, 1.82) is 0 Å². The second-order valence-corrected chi connectivity index (χ2v) is 22.0. The van der Waals surface area contributed by atoms with E-state index >= 15 is 0 Å². The monoisotopic (exact) mass is 1050 g/mol. The molecule has 0 saturated carbocycles. The standard InChI is InChI=1S/C69H124O6/c1-4-7-10-13-16-19-22-24-25-26-27-28-29-30-31-32-33-34-35-36-37-38-39-40-41-42-43-45-47-50-53-56-59-62-68(71)74-65-66(64-73-67(70)61-58-55-52-49-46-21-18-15-12-9-6-3)75-69(72)63-60-57-54-51-48-44-23-20-17-14-11-8-5-2/h7,10,16,19,24-25,27-28,30-31,66H,4-6,8-9,11-15,17-18,20-23,26,29,32-65H2,1-3H3/b10-7-,19-16-,25-24-,28-27-,31-30-. The van der Waals surface area contributed by atoms with Crippen LogP contribution in [0.4, 0.5) is 0 Å². The molecule has 0 aromatic rings. The van der Waals surface area contributed by atoms with E-state index in [-0.39, 0.29) is 31.1 Å². The van der Waals surface area contributed by atoms with Crippen molar-refractivity contribution in [3.05, 3.63) is 60.8 Å². The fourth-order valence-electron chi connectivity index (χ4n) is 9.65. The average Bonchev–Trinajstić information content (AvgIpc) is 3.41. The molecule has 0 rings (SSSR count). The zero-order chi connectivity index (χ0) is 54.3. The number of rotatable bonds is 60. The first-order valence-electron chi connectivity index (χ1n) is 32.8. The molecule has 436 valence electrons. The van der Waals surface area contributed by atoms with Gasteiger partial charge >= 0.3 is 17.9 Å². The second-order valence-electron chi connectivity index (χ2n) is 22.0. The lowest BCUT2D eigenvalue weighted by atomic mass is 10.0. The van der Waals surface area contributed by atoms with Crippen LogP contribution in [0.2, 0.25) is 0 Å². The van der Waals surface area contributed by atoms with E-state index < -0.39 is 6.10 Å². The van der Waals surface area contributed by atoms with Crippen LogP contribution in [0, 0.1) is 0 Å². The van der Waals surface area contributed by atoms with Crippen molar-refractivity contribution in [2.24, 2.45) is 0 Å². The lowest BCUT2D eigenvalue weighted by Gasteiger charge is -2.18. The van der Waals surface area contributed by atoms with E-state index in [9.17, 15) is 14.4 Å². The molecule has 6 heteroatoms. The molecule has 0 aromatic carbocycles. The summed E-state index contributed by atoms with van der Waals surface area (Å²) in [4.78, 5) is 38.2. The Morgan fingerprint density at radius 1 is 0.280 bits per heavy atom. The maximum absolute atomic E-state index is 12.8. The SMILES string of the molecule is CC/C=C\C/C=C\C/C=C\C/C=C\C/C=C\CCCCCCCCCCCCCCCCCCCC(=O)OCC(COC(=O)CCCCCCCCCCCCC)OC(=O)CCCCCCCCCCCCCCC. The number of ether oxygens (including phenoxy) is 3. The van der Waals surface area contributed by atoms with Crippen molar-refractivity contribution in [2.75, 3.05) is 13.2 Å². The van der Waals surface area contributed by atoms with E-state index in [4.69, 9.17) is 14.2 Å². The fourth-order valence-corrected chi connectivity index (χ4v) is 9.65. The molecule has 0 saturated heterocycles. The molecule has 0 aliphatic carbocycles. The van der Waals surface area contributed by atoms with Gasteiger partial charge in [-0.15, -0.1) is 0 Å². The highest BCUT2D eigenvalue weighted by molar-refractivity contribution is 5.71. The Morgan fingerprint density at radius 3 is 0.813 bits per heavy atom. The molecule has 0 aliphatic heterocycles. The van der Waals surface area contributed by atoms with E-state index in [0.717, 1.165) is 89.9 Å². The summed E-state index contributed by atoms with van der Waals surface area (Å²) in [5.41, 5.74) is 0. The summed E-state index contributed by atoms with van der Waals surface area (Å²) in [5, 5.41) is 0. The molecule has 0 spiro atoms. The lowest BCUT2D eigenvalue weighted by molar-refractivity contribution is -0.167. The van der Waals surface area contributed by atoms with Crippen LogP contribution in [0.1, 0.15) is 342 Å². The first-order chi connectivity index (χ1) is 37.0. The van der Waals surface area contributed by atoms with Gasteiger partial charge in [-0.2, -0.15) is 0 Å². The van der Waals surface area contributed by atoms with Crippen LogP contribution in [0.5, 0.6) is 0 Å². The summed E-state index contributed by atoms with van der Waals surface area (Å²) in [6, 6.07) is 0. The van der Waals surface area contributed by atoms with Crippen LogP contribution in [-0.4, -0.2) is 37.2 Å². The maximum atomic E-state index is 12.8. The molecular formula is C69H124O6. The summed E-state index contributed by atoms with van der Waals surface area (Å²) < 4.78 is 16.9. The number of hydrogen-bond acceptors (Lipinski definition) is 6. The molecule has 1 unspecified atom stereocenters. The maximum Gasteiger partial charge on any atom is 0.306 e. The minimum absolute atomic E-state index is 0.0667. The largest absolute Gasteiger partial charge is 0.462 e. The third-order valence-corrected chi connectivity index (χ3v) is 14.5. The molecule has 0 bridgehead atoms. The van der Waals surface area contributed by atoms with Crippen molar-refractivity contribution < 1.29 is 28.6 Å². The van der Waals surface area contributed by atoms with Crippen molar-refractivity contribution >= 4 is 17.9 Å². The van der Waals surface area contributed by atoms with Crippen LogP contribution < -0.4 is 0 Å². The van der Waals surface area contributed by atoms with Crippen LogP contribution in [0.3, 0.4) is 0 Å². The minimum Gasteiger partial charge on any atom is -0.462 e. The zero-order valence-electron chi connectivity index (χ0n) is 50.1. The Balaban J connectivity index is 4.06. The van der Waals surface area contributed by atoms with E-state index in [1.807, 2.05) is 0 Å². The number of carbonyl (C=O) groups is 3. The van der Waals surface area contributed by atoms with Gasteiger partial charge in [0.15, 0.2) is 6.10 Å². The van der Waals surface area contributed by atoms with Gasteiger partial charge in [0.25, 0.3) is 0 Å². The Morgan fingerprint density at radius 2 is 0.520 bits per heavy atom. The molecule has 0 fully saturated rings. The Kier molecular flexibility index (Phi) is 61.2. The number of esters is 3. The van der Waals surface area contributed by atoms with Gasteiger partial charge in [0.1, 0.15) is 13.2 Å². The number of hydrogen-bond donors (Lipinski definition) is 0. The van der Waals surface area contributed by atoms with Crippen LogP contribution in [0.25, 0.3) is 0 Å². The normalized spacial score (nSPS) is 12.4. The summed E-state index contributed by atoms with van der Waals surface area (Å²) in [6.45, 7) is 6.56. The number of allylic oxidation sites excluding steroid dienone is 10. The highest BCUT2D eigenvalue weighted by Gasteiger charge is 2.19. The van der Waals surface area contributed by atoms with E-state index in [0.29, 0.717) is 19.3 Å². The Labute approximate surface area is 466 Å². The van der Waals surface area contributed by atoms with Gasteiger partial charge in [0.05, 0.1) is 0 Å². The van der Waals surface area contributed by atoms with Crippen molar-refractivity contribution in [2.45, 2.75) is 348 Å². The number of unbranched alkanes of at least 4 members (excludes halogenated alkanes) is 39. The summed E-state index contributed by atoms with van der Waals surface area (Å²) >= 11 is 0. The Hall–Kier alpha value is -2.89. The molecular weight excluding hydrogens is 925 g/mol. The predicted octanol–water partition coefficient (Wildman–Crippen LogP) is 22.3. The predicted molar refractivity (Wildman–Crippen MR) is 325 cm³/mol. The molecule has 6 nitrogen and oxygen atoms in total. The smallest absolute Gasteiger partial charge is 0.306 e. The summed E-state index contributed by atoms with van der Waals surface area (Å²) in [7, 11) is 0. The molecule has 0 amide bonds. The van der Waals surface area contributed by atoms with Crippen molar-refractivity contribution in [3.63, 3.8) is 0 Å². The van der Waals surface area contributed by atoms with Gasteiger partial charge in [-0.1, -0.05) is 319 Å². The first-order valence-corrected chi connectivity index (χ1v) is 32.8. The molecule has 0 aliphatic rings. The van der Waals surface area contributed by atoms with Gasteiger partial charge in [-0.25, -0.2) is 0 Å². The highest BCUT2D eigenvalue weighted by Crippen LogP contribution is 2.18. The van der Waals surface area contributed by atoms with Gasteiger partial charge in [0, 0.05) is 19.3 Å². The molecule has 0 aromatic heterocycles. The van der Waals surface area contributed by atoms with E-state index in [2.05, 4.69) is 81.5 Å². The molecule has 75 heavy (non-hydrogen) atoms. The van der Waals surface area contributed by atoms with Crippen LogP contribution in [0.15, 0.2) is 60.8 Å². The molecule has 0 N–H and O–H groups in total. The number of carbonyl (C=O) groups excluding carboxylic acids is 3. The van der Waals surface area contributed by atoms with Crippen LogP contribution in [-0.2, 0) is 28.6 Å². The topological polar surface area (TPSA) is 78.9 Å². The van der Waals surface area contributed by atoms with Gasteiger partial charge < -0.3 is 14.2 Å². The first kappa shape index (κ1) is 72.1. The highest BCUT2D eigenvalue weighted by atomic mass is 16.6. The van der Waals surface area contributed by atoms with Gasteiger partial charge in [-0.05, 0) is 64.2 Å². The third-order valence-electron chi connectivity index (χ3n) is 14.5. The van der Waals surface area contributed by atoms with Crippen LogP contribution >= 0.6 is 0 Å². The quantitative estimate of drug-likeness (QED) is 0.0261. The Bertz CT molecular complexity index is 1340. The minimum atomic E-state index is -0.767. The average molecular weight is 1050 g/mol. The molecule has 0 radical (unpaired) electrons. The molecule has 1 atom stereocenters. The zero-order valence-corrected chi connectivity index (χ0v) is 50.1. The van der Waals surface area contributed by atoms with Crippen molar-refractivity contribution in [3.8, 4) is 0 Å². The van der Waals surface area contributed by atoms with Gasteiger partial charge in [-0.3, -0.25) is 14.4 Å². The lowest BCUT2D eigenvalue weighted by Crippen LogP contribution is -2.30. The van der Waals surface area contributed by atoms with E-state index in [1.165, 1.54) is 212 Å². The van der Waals surface area contributed by atoms with E-state index in [1.54, 1.807) is 0 Å². The van der Waals surface area contributed by atoms with Gasteiger partial charge in [0.2, 0.25) is 0 Å². The van der Waals surface area contributed by atoms with Crippen molar-refractivity contribution in [1.82, 2.24) is 0 Å². The summed E-state index contributed by atoms with van der Waals surface area (Å²) in [5.74, 6) is -0.847. The second kappa shape index (κ2) is 63.6. The summed E-state index contributed by atoms with van der Waals surface area (Å²) in [6.07, 6.45) is 81.1. The fraction of sp³-hybridized carbons (Fsp3) is 0.812. The molecule has 0 heterocycles.